The van der Waals surface area contributed by atoms with E-state index in [9.17, 15) is 10.1 Å². The van der Waals surface area contributed by atoms with E-state index < -0.39 is 0 Å². The fourth-order valence-electron chi connectivity index (χ4n) is 3.70. The molecule has 0 unspecified atom stereocenters. The van der Waals surface area contributed by atoms with E-state index in [-0.39, 0.29) is 16.8 Å². The smallest absolute Gasteiger partial charge is 0.358 e. The molecular formula is C17H22N4O2. The zero-order valence-electron chi connectivity index (χ0n) is 13.8. The number of benzene rings is 1. The quantitative estimate of drug-likeness (QED) is 0.641. The Hall–Kier alpha value is -2.37. The lowest BCUT2D eigenvalue weighted by atomic mass is 9.90. The lowest BCUT2D eigenvalue weighted by Gasteiger charge is -2.28. The molecule has 1 fully saturated rings. The molecule has 6 heteroatoms. The van der Waals surface area contributed by atoms with Crippen LogP contribution in [-0.2, 0) is 7.05 Å². The van der Waals surface area contributed by atoms with Crippen molar-refractivity contribution in [1.29, 1.82) is 0 Å². The molecule has 0 radical (unpaired) electrons. The van der Waals surface area contributed by atoms with Crippen molar-refractivity contribution in [2.24, 2.45) is 7.05 Å². The van der Waals surface area contributed by atoms with Crippen molar-refractivity contribution in [2.75, 3.05) is 11.4 Å². The molecule has 23 heavy (non-hydrogen) atoms. The van der Waals surface area contributed by atoms with Crippen LogP contribution >= 0.6 is 0 Å². The highest BCUT2D eigenvalue weighted by molar-refractivity contribution is 5.57. The zero-order chi connectivity index (χ0) is 16.6. The van der Waals surface area contributed by atoms with Crippen LogP contribution in [0.1, 0.15) is 36.8 Å². The summed E-state index contributed by atoms with van der Waals surface area (Å²) in [7, 11) is 1.82. The van der Waals surface area contributed by atoms with Gasteiger partial charge in [-0.3, -0.25) is 4.57 Å². The Morgan fingerprint density at radius 2 is 2.04 bits per heavy atom. The van der Waals surface area contributed by atoms with Gasteiger partial charge in [-0.1, -0.05) is 36.8 Å². The van der Waals surface area contributed by atoms with Crippen LogP contribution in [0.15, 0.2) is 30.6 Å². The molecule has 0 saturated carbocycles. The van der Waals surface area contributed by atoms with Crippen molar-refractivity contribution in [3.8, 4) is 0 Å². The summed E-state index contributed by atoms with van der Waals surface area (Å²) in [6.45, 7) is 5.05. The van der Waals surface area contributed by atoms with Gasteiger partial charge in [-0.25, -0.2) is 0 Å². The molecule has 0 aliphatic carbocycles. The Labute approximate surface area is 135 Å². The number of hydrogen-bond acceptors (Lipinski definition) is 4. The van der Waals surface area contributed by atoms with Crippen molar-refractivity contribution < 1.29 is 4.92 Å². The molecule has 0 bridgehead atoms. The summed E-state index contributed by atoms with van der Waals surface area (Å²) in [5.41, 5.74) is 2.56. The van der Waals surface area contributed by atoms with Gasteiger partial charge in [0.15, 0.2) is 0 Å². The molecule has 1 saturated heterocycles. The minimum absolute atomic E-state index is 0.0458. The summed E-state index contributed by atoms with van der Waals surface area (Å²) in [4.78, 5) is 17.0. The third-order valence-corrected chi connectivity index (χ3v) is 4.80. The maximum Gasteiger partial charge on any atom is 0.406 e. The Morgan fingerprint density at radius 1 is 1.35 bits per heavy atom. The van der Waals surface area contributed by atoms with Crippen LogP contribution in [0.5, 0.6) is 0 Å². The van der Waals surface area contributed by atoms with Crippen LogP contribution < -0.4 is 4.90 Å². The number of anilines is 1. The van der Waals surface area contributed by atoms with Crippen LogP contribution in [-0.4, -0.2) is 27.1 Å². The molecule has 1 aromatic heterocycles. The number of imidazole rings is 1. The number of nitro groups is 1. The lowest BCUT2D eigenvalue weighted by Crippen LogP contribution is -2.33. The van der Waals surface area contributed by atoms with Crippen molar-refractivity contribution in [3.05, 3.63) is 51.8 Å². The molecule has 0 N–H and O–H groups in total. The van der Waals surface area contributed by atoms with Gasteiger partial charge in [-0.15, -0.1) is 0 Å². The summed E-state index contributed by atoms with van der Waals surface area (Å²) < 4.78 is 1.76. The number of hydrogen-bond donors (Lipinski definition) is 0. The predicted molar refractivity (Wildman–Crippen MR) is 89.8 cm³/mol. The molecule has 3 rings (SSSR count). The van der Waals surface area contributed by atoms with Crippen molar-refractivity contribution in [2.45, 2.75) is 38.6 Å². The zero-order valence-corrected chi connectivity index (χ0v) is 13.8. The Bertz CT molecular complexity index is 708. The van der Waals surface area contributed by atoms with E-state index in [4.69, 9.17) is 0 Å². The van der Waals surface area contributed by atoms with E-state index in [0.717, 1.165) is 19.4 Å². The maximum atomic E-state index is 11.3. The van der Waals surface area contributed by atoms with Gasteiger partial charge in [0.05, 0.1) is 0 Å². The molecule has 2 aromatic rings. The topological polar surface area (TPSA) is 64.2 Å². The van der Waals surface area contributed by atoms with E-state index in [1.165, 1.54) is 17.5 Å². The highest BCUT2D eigenvalue weighted by Crippen LogP contribution is 2.40. The first-order chi connectivity index (χ1) is 11.0. The predicted octanol–water partition coefficient (Wildman–Crippen LogP) is 3.41. The van der Waals surface area contributed by atoms with Crippen LogP contribution in [0.4, 0.5) is 11.6 Å². The van der Waals surface area contributed by atoms with Gasteiger partial charge in [0.1, 0.15) is 0 Å². The van der Waals surface area contributed by atoms with E-state index in [1.54, 1.807) is 4.57 Å². The number of aryl methyl sites for hydroxylation is 2. The number of nitrogens with zero attached hydrogens (tertiary/aromatic N) is 4. The first-order valence-electron chi connectivity index (χ1n) is 8.01. The van der Waals surface area contributed by atoms with Gasteiger partial charge in [0.25, 0.3) is 0 Å². The SMILES string of the molecule is CC[C@@H]1[C@@H](c2ccc(C)cc2)CCN1c1c([N+](=O)[O-])ncn1C. The second kappa shape index (κ2) is 6.02. The minimum Gasteiger partial charge on any atom is -0.358 e. The Kier molecular flexibility index (Phi) is 4.07. The normalized spacial score (nSPS) is 20.9. The second-order valence-electron chi connectivity index (χ2n) is 6.23. The average molecular weight is 314 g/mol. The summed E-state index contributed by atoms with van der Waals surface area (Å²) in [5.74, 6) is 0.974. The van der Waals surface area contributed by atoms with Gasteiger partial charge in [0, 0.05) is 25.6 Å². The molecule has 2 heterocycles. The highest BCUT2D eigenvalue weighted by Gasteiger charge is 2.39. The molecule has 0 spiro atoms. The summed E-state index contributed by atoms with van der Waals surface area (Å²) in [6, 6.07) is 8.90. The summed E-state index contributed by atoms with van der Waals surface area (Å²) >= 11 is 0. The van der Waals surface area contributed by atoms with Crippen molar-refractivity contribution >= 4 is 11.6 Å². The Morgan fingerprint density at radius 3 is 2.65 bits per heavy atom. The molecule has 1 aromatic carbocycles. The average Bonchev–Trinajstić information content (AvgIpc) is 3.10. The maximum absolute atomic E-state index is 11.3. The molecule has 2 atom stereocenters. The standard InChI is InChI=1S/C17H22N4O2/c1-4-15-14(13-7-5-12(2)6-8-13)9-10-20(15)17-16(21(22)23)18-11-19(17)3/h5-8,11,14-15H,4,9-10H2,1-3H3/t14-,15-/m1/s1. The molecular weight excluding hydrogens is 292 g/mol. The fourth-order valence-corrected chi connectivity index (χ4v) is 3.70. The number of aromatic nitrogens is 2. The van der Waals surface area contributed by atoms with Gasteiger partial charge in [-0.05, 0) is 35.2 Å². The monoisotopic (exact) mass is 314 g/mol. The first kappa shape index (κ1) is 15.5. The highest BCUT2D eigenvalue weighted by atomic mass is 16.6. The molecule has 1 aliphatic rings. The van der Waals surface area contributed by atoms with Gasteiger partial charge in [-0.2, -0.15) is 0 Å². The molecule has 122 valence electrons. The molecule has 0 amide bonds. The third-order valence-electron chi connectivity index (χ3n) is 4.80. The largest absolute Gasteiger partial charge is 0.406 e. The molecule has 1 aliphatic heterocycles. The van der Waals surface area contributed by atoms with E-state index in [2.05, 4.69) is 48.0 Å². The summed E-state index contributed by atoms with van der Waals surface area (Å²) in [5, 5.41) is 11.3. The van der Waals surface area contributed by atoms with Crippen molar-refractivity contribution in [3.63, 3.8) is 0 Å². The van der Waals surface area contributed by atoms with Crippen LogP contribution in [0.3, 0.4) is 0 Å². The minimum atomic E-state index is -0.388. The van der Waals surface area contributed by atoms with Crippen LogP contribution in [0, 0.1) is 17.0 Å². The first-order valence-corrected chi connectivity index (χ1v) is 8.01. The van der Waals surface area contributed by atoms with E-state index in [0.29, 0.717) is 11.7 Å². The van der Waals surface area contributed by atoms with Gasteiger partial charge >= 0.3 is 5.82 Å². The van der Waals surface area contributed by atoms with Crippen LogP contribution in [0.25, 0.3) is 0 Å². The number of rotatable bonds is 4. The third kappa shape index (κ3) is 2.69. The van der Waals surface area contributed by atoms with Gasteiger partial charge in [0.2, 0.25) is 12.1 Å². The Balaban J connectivity index is 1.95. The van der Waals surface area contributed by atoms with E-state index in [1.807, 2.05) is 7.05 Å². The summed E-state index contributed by atoms with van der Waals surface area (Å²) in [6.07, 6.45) is 3.48. The second-order valence-corrected chi connectivity index (χ2v) is 6.23. The van der Waals surface area contributed by atoms with E-state index >= 15 is 0 Å². The molecule has 6 nitrogen and oxygen atoms in total. The van der Waals surface area contributed by atoms with Crippen molar-refractivity contribution in [1.82, 2.24) is 9.55 Å². The van der Waals surface area contributed by atoms with Gasteiger partial charge < -0.3 is 15.0 Å². The van der Waals surface area contributed by atoms with Crippen LogP contribution in [0.2, 0.25) is 0 Å². The fraction of sp³-hybridized carbons (Fsp3) is 0.471. The lowest BCUT2D eigenvalue weighted by molar-refractivity contribution is -0.388.